The predicted molar refractivity (Wildman–Crippen MR) is 115 cm³/mol. The highest BCUT2D eigenvalue weighted by Crippen LogP contribution is 2.32. The maximum atomic E-state index is 12.2. The summed E-state index contributed by atoms with van der Waals surface area (Å²) in [7, 11) is 1.59. The van der Waals surface area contributed by atoms with Gasteiger partial charge in [0.2, 0.25) is 0 Å². The summed E-state index contributed by atoms with van der Waals surface area (Å²) in [4.78, 5) is 12.2. The van der Waals surface area contributed by atoms with Gasteiger partial charge in [-0.15, -0.1) is 0 Å². The lowest BCUT2D eigenvalue weighted by Crippen LogP contribution is -2.06. The SMILES string of the molecule is C=CCOC(=O)/C(C#N)=C/c1cn(Cc2ccccc2)nc1-c1ccccc1OC. The minimum atomic E-state index is -0.709. The number of nitriles is 1. The van der Waals surface area contributed by atoms with E-state index in [1.807, 2.05) is 60.7 Å². The average Bonchev–Trinajstić information content (AvgIpc) is 3.18. The van der Waals surface area contributed by atoms with Crippen LogP contribution in [0.1, 0.15) is 11.1 Å². The lowest BCUT2D eigenvalue weighted by molar-refractivity contribution is -0.137. The van der Waals surface area contributed by atoms with Crippen LogP contribution in [0.15, 0.2) is 79.0 Å². The molecule has 3 rings (SSSR count). The first-order valence-electron chi connectivity index (χ1n) is 9.31. The molecule has 150 valence electrons. The third kappa shape index (κ3) is 4.83. The van der Waals surface area contributed by atoms with Gasteiger partial charge in [-0.1, -0.05) is 55.1 Å². The Kier molecular flexibility index (Phi) is 6.80. The second-order valence-electron chi connectivity index (χ2n) is 6.37. The number of hydrogen-bond donors (Lipinski definition) is 0. The normalized spacial score (nSPS) is 10.9. The summed E-state index contributed by atoms with van der Waals surface area (Å²) in [5, 5.41) is 14.2. The summed E-state index contributed by atoms with van der Waals surface area (Å²) in [5.74, 6) is -0.0657. The molecule has 0 saturated heterocycles. The first kappa shape index (κ1) is 20.6. The van der Waals surface area contributed by atoms with Gasteiger partial charge in [0, 0.05) is 17.3 Å². The van der Waals surface area contributed by atoms with Crippen molar-refractivity contribution in [3.63, 3.8) is 0 Å². The second kappa shape index (κ2) is 9.89. The maximum absolute atomic E-state index is 12.2. The molecule has 3 aromatic rings. The van der Waals surface area contributed by atoms with Gasteiger partial charge in [-0.2, -0.15) is 10.4 Å². The number of hydrogen-bond acceptors (Lipinski definition) is 5. The van der Waals surface area contributed by atoms with E-state index < -0.39 is 5.97 Å². The van der Waals surface area contributed by atoms with Gasteiger partial charge < -0.3 is 9.47 Å². The van der Waals surface area contributed by atoms with Crippen molar-refractivity contribution in [2.45, 2.75) is 6.54 Å². The Morgan fingerprint density at radius 3 is 2.63 bits per heavy atom. The number of ether oxygens (including phenoxy) is 2. The van der Waals surface area contributed by atoms with E-state index in [9.17, 15) is 10.1 Å². The van der Waals surface area contributed by atoms with Crippen molar-refractivity contribution in [1.82, 2.24) is 9.78 Å². The van der Waals surface area contributed by atoms with E-state index in [2.05, 4.69) is 6.58 Å². The van der Waals surface area contributed by atoms with Crippen LogP contribution in [0.3, 0.4) is 0 Å². The zero-order valence-corrected chi connectivity index (χ0v) is 16.6. The van der Waals surface area contributed by atoms with Crippen LogP contribution < -0.4 is 4.74 Å². The van der Waals surface area contributed by atoms with Crippen LogP contribution in [0.5, 0.6) is 5.75 Å². The van der Waals surface area contributed by atoms with Crippen molar-refractivity contribution in [3.8, 4) is 23.1 Å². The highest BCUT2D eigenvalue weighted by molar-refractivity contribution is 5.99. The van der Waals surface area contributed by atoms with Crippen molar-refractivity contribution < 1.29 is 14.3 Å². The molecule has 0 amide bonds. The number of carbonyl (C=O) groups excluding carboxylic acids is 1. The van der Waals surface area contributed by atoms with Gasteiger partial charge in [-0.3, -0.25) is 4.68 Å². The Morgan fingerprint density at radius 1 is 1.20 bits per heavy atom. The fourth-order valence-electron chi connectivity index (χ4n) is 2.95. The van der Waals surface area contributed by atoms with Gasteiger partial charge in [0.25, 0.3) is 0 Å². The van der Waals surface area contributed by atoms with E-state index in [0.717, 1.165) is 11.1 Å². The Hall–Kier alpha value is -4.11. The smallest absolute Gasteiger partial charge is 0.349 e. The summed E-state index contributed by atoms with van der Waals surface area (Å²) in [5.41, 5.74) is 2.94. The monoisotopic (exact) mass is 399 g/mol. The van der Waals surface area contributed by atoms with Crippen molar-refractivity contribution in [1.29, 1.82) is 5.26 Å². The minimum Gasteiger partial charge on any atom is -0.496 e. The van der Waals surface area contributed by atoms with Crippen molar-refractivity contribution in [3.05, 3.63) is 90.1 Å². The standard InChI is InChI=1S/C24H21N3O3/c1-3-13-30-24(28)19(15-25)14-20-17-27(16-18-9-5-4-6-10-18)26-23(20)21-11-7-8-12-22(21)29-2/h3-12,14,17H,1,13,16H2,2H3/b19-14+. The molecule has 2 aromatic carbocycles. The minimum absolute atomic E-state index is 0.0322. The second-order valence-corrected chi connectivity index (χ2v) is 6.37. The Bertz CT molecular complexity index is 1110. The molecule has 0 saturated carbocycles. The Labute approximate surface area is 175 Å². The molecule has 30 heavy (non-hydrogen) atoms. The van der Waals surface area contributed by atoms with Gasteiger partial charge in [-0.25, -0.2) is 4.79 Å². The molecular formula is C24H21N3O3. The largest absolute Gasteiger partial charge is 0.496 e. The molecule has 0 atom stereocenters. The van der Waals surface area contributed by atoms with Crippen molar-refractivity contribution in [2.75, 3.05) is 13.7 Å². The molecule has 0 spiro atoms. The van der Waals surface area contributed by atoms with Gasteiger partial charge >= 0.3 is 5.97 Å². The number of rotatable bonds is 8. The van der Waals surface area contributed by atoms with Gasteiger partial charge in [0.1, 0.15) is 29.7 Å². The van der Waals surface area contributed by atoms with Crippen LogP contribution in [0.25, 0.3) is 17.3 Å². The van der Waals surface area contributed by atoms with E-state index in [4.69, 9.17) is 14.6 Å². The topological polar surface area (TPSA) is 77.1 Å². The molecule has 0 fully saturated rings. The van der Waals surface area contributed by atoms with Crippen LogP contribution in [-0.2, 0) is 16.1 Å². The van der Waals surface area contributed by atoms with Gasteiger partial charge in [-0.05, 0) is 23.8 Å². The number of aromatic nitrogens is 2. The number of para-hydroxylation sites is 1. The lowest BCUT2D eigenvalue weighted by Gasteiger charge is -2.07. The summed E-state index contributed by atoms with van der Waals surface area (Å²) < 4.78 is 12.3. The molecule has 6 heteroatoms. The van der Waals surface area contributed by atoms with Gasteiger partial charge in [0.05, 0.1) is 13.7 Å². The molecule has 0 aliphatic heterocycles. The number of carbonyl (C=O) groups is 1. The third-order valence-electron chi connectivity index (χ3n) is 4.31. The fourth-order valence-corrected chi connectivity index (χ4v) is 2.95. The van der Waals surface area contributed by atoms with Crippen LogP contribution in [0.2, 0.25) is 0 Å². The number of esters is 1. The molecule has 0 unspecified atom stereocenters. The third-order valence-corrected chi connectivity index (χ3v) is 4.31. The average molecular weight is 399 g/mol. The van der Waals surface area contributed by atoms with Gasteiger partial charge in [0.15, 0.2) is 0 Å². The van der Waals surface area contributed by atoms with Crippen LogP contribution in [-0.4, -0.2) is 29.5 Å². The summed E-state index contributed by atoms with van der Waals surface area (Å²) in [6.45, 7) is 4.08. The Morgan fingerprint density at radius 2 is 1.93 bits per heavy atom. The highest BCUT2D eigenvalue weighted by atomic mass is 16.5. The molecule has 0 N–H and O–H groups in total. The molecule has 0 radical (unpaired) electrons. The molecule has 0 aliphatic rings. The predicted octanol–water partition coefficient (Wildman–Crippen LogP) is 4.24. The zero-order chi connectivity index (χ0) is 21.3. The summed E-state index contributed by atoms with van der Waals surface area (Å²) >= 11 is 0. The van der Waals surface area contributed by atoms with Crippen LogP contribution in [0, 0.1) is 11.3 Å². The molecule has 0 bridgehead atoms. The summed E-state index contributed by atoms with van der Waals surface area (Å²) in [6, 6.07) is 19.3. The fraction of sp³-hybridized carbons (Fsp3) is 0.125. The highest BCUT2D eigenvalue weighted by Gasteiger charge is 2.17. The first-order valence-corrected chi connectivity index (χ1v) is 9.31. The van der Waals surface area contributed by atoms with E-state index >= 15 is 0 Å². The molecular weight excluding hydrogens is 378 g/mol. The number of benzene rings is 2. The number of methoxy groups -OCH3 is 1. The van der Waals surface area contributed by atoms with E-state index in [-0.39, 0.29) is 12.2 Å². The van der Waals surface area contributed by atoms with Crippen LogP contribution >= 0.6 is 0 Å². The maximum Gasteiger partial charge on any atom is 0.349 e. The number of nitrogens with zero attached hydrogens (tertiary/aromatic N) is 3. The lowest BCUT2D eigenvalue weighted by atomic mass is 10.1. The first-order chi connectivity index (χ1) is 14.7. The van der Waals surface area contributed by atoms with E-state index in [1.54, 1.807) is 18.0 Å². The van der Waals surface area contributed by atoms with Crippen molar-refractivity contribution >= 4 is 12.0 Å². The molecule has 1 aromatic heterocycles. The quantitative estimate of drug-likeness (QED) is 0.245. The van der Waals surface area contributed by atoms with E-state index in [1.165, 1.54) is 12.2 Å². The molecule has 0 aliphatic carbocycles. The van der Waals surface area contributed by atoms with E-state index in [0.29, 0.717) is 23.6 Å². The van der Waals surface area contributed by atoms with Crippen molar-refractivity contribution in [2.24, 2.45) is 0 Å². The Balaban J connectivity index is 2.07. The van der Waals surface area contributed by atoms with Crippen LogP contribution in [0.4, 0.5) is 0 Å². The summed E-state index contributed by atoms with van der Waals surface area (Å²) in [6.07, 6.45) is 4.74. The molecule has 6 nitrogen and oxygen atoms in total. The zero-order valence-electron chi connectivity index (χ0n) is 16.6. The molecule has 1 heterocycles.